The Bertz CT molecular complexity index is 919. The second-order valence-electron chi connectivity index (χ2n) is 5.73. The van der Waals surface area contributed by atoms with Crippen LogP contribution in [0.2, 0.25) is 5.02 Å². The highest BCUT2D eigenvalue weighted by Crippen LogP contribution is 2.24. The van der Waals surface area contributed by atoms with Crippen LogP contribution in [0, 0.1) is 0 Å². The number of nitrogens with one attached hydrogen (secondary N) is 3. The molecule has 3 N–H and O–H groups in total. The van der Waals surface area contributed by atoms with Gasteiger partial charge in [0.25, 0.3) is 11.8 Å². The molecule has 0 radical (unpaired) electrons. The molecule has 2 aromatic rings. The molecule has 0 spiro atoms. The maximum atomic E-state index is 12.5. The summed E-state index contributed by atoms with van der Waals surface area (Å²) in [6.07, 6.45) is 2.69. The maximum Gasteiger partial charge on any atom is 0.328 e. The minimum Gasteiger partial charge on any atom is -0.327 e. The van der Waals surface area contributed by atoms with Crippen LogP contribution in [0.15, 0.2) is 60.7 Å². The van der Waals surface area contributed by atoms with E-state index in [0.29, 0.717) is 10.6 Å². The summed E-state index contributed by atoms with van der Waals surface area (Å²) < 4.78 is 0. The summed E-state index contributed by atoms with van der Waals surface area (Å²) in [6, 6.07) is 13.8. The summed E-state index contributed by atoms with van der Waals surface area (Å²) in [5.41, 5.74) is -1.13. The summed E-state index contributed by atoms with van der Waals surface area (Å²) in [5.74, 6) is -2.56. The lowest BCUT2D eigenvalue weighted by Gasteiger charge is -2.34. The molecule has 3 rings (SSSR count). The van der Waals surface area contributed by atoms with Gasteiger partial charge in [-0.05, 0) is 29.3 Å². The van der Waals surface area contributed by atoms with Gasteiger partial charge in [-0.3, -0.25) is 25.0 Å². The molecule has 1 saturated heterocycles. The van der Waals surface area contributed by atoms with Gasteiger partial charge < -0.3 is 5.32 Å². The van der Waals surface area contributed by atoms with Crippen molar-refractivity contribution in [1.82, 2.24) is 16.0 Å². The molecule has 0 aromatic heterocycles. The van der Waals surface area contributed by atoms with Crippen molar-refractivity contribution in [3.8, 4) is 0 Å². The van der Waals surface area contributed by atoms with E-state index in [-0.39, 0.29) is 5.56 Å². The minimum atomic E-state index is -2.06. The van der Waals surface area contributed by atoms with Gasteiger partial charge in [-0.25, -0.2) is 4.79 Å². The fraction of sp³-hybridized carbons (Fsp3) is 0.0526. The SMILES string of the molecule is O=C(C=Cc1ccc(Cl)cc1)NC1(c2ccccc2)C(=O)NC(=O)NC1=O. The summed E-state index contributed by atoms with van der Waals surface area (Å²) >= 11 is 5.81. The molecule has 1 aliphatic rings. The van der Waals surface area contributed by atoms with E-state index >= 15 is 0 Å². The van der Waals surface area contributed by atoms with Crippen LogP contribution in [0.25, 0.3) is 6.08 Å². The van der Waals surface area contributed by atoms with Gasteiger partial charge in [0, 0.05) is 11.1 Å². The average molecular weight is 384 g/mol. The smallest absolute Gasteiger partial charge is 0.327 e. The Kier molecular flexibility index (Phi) is 5.05. The third-order valence-corrected chi connectivity index (χ3v) is 4.20. The van der Waals surface area contributed by atoms with Crippen molar-refractivity contribution in [3.63, 3.8) is 0 Å². The molecule has 1 aliphatic heterocycles. The summed E-state index contributed by atoms with van der Waals surface area (Å²) in [7, 11) is 0. The van der Waals surface area contributed by atoms with Gasteiger partial charge in [0.15, 0.2) is 0 Å². The average Bonchev–Trinajstić information content (AvgIpc) is 2.65. The van der Waals surface area contributed by atoms with Crippen LogP contribution >= 0.6 is 11.6 Å². The molecule has 0 atom stereocenters. The van der Waals surface area contributed by atoms with Crippen molar-refractivity contribution >= 4 is 41.4 Å². The number of imide groups is 2. The van der Waals surface area contributed by atoms with Gasteiger partial charge in [-0.15, -0.1) is 0 Å². The summed E-state index contributed by atoms with van der Waals surface area (Å²) in [5, 5.41) is 7.02. The van der Waals surface area contributed by atoms with Crippen molar-refractivity contribution < 1.29 is 19.2 Å². The van der Waals surface area contributed by atoms with Gasteiger partial charge in [-0.1, -0.05) is 54.1 Å². The molecule has 1 fully saturated rings. The molecule has 0 aliphatic carbocycles. The van der Waals surface area contributed by atoms with Crippen molar-refractivity contribution in [3.05, 3.63) is 76.8 Å². The Balaban J connectivity index is 1.91. The normalized spacial score (nSPS) is 16.0. The van der Waals surface area contributed by atoms with Gasteiger partial charge in [0.2, 0.25) is 11.4 Å². The van der Waals surface area contributed by atoms with Crippen molar-refractivity contribution in [2.24, 2.45) is 0 Å². The Morgan fingerprint density at radius 2 is 1.52 bits per heavy atom. The number of barbiturate groups is 1. The number of rotatable bonds is 4. The molecule has 2 aromatic carbocycles. The topological polar surface area (TPSA) is 104 Å². The number of urea groups is 1. The van der Waals surface area contributed by atoms with E-state index in [1.807, 2.05) is 10.6 Å². The third-order valence-electron chi connectivity index (χ3n) is 3.95. The molecule has 0 saturated carbocycles. The van der Waals surface area contributed by atoms with Crippen LogP contribution < -0.4 is 16.0 Å². The molecule has 5 amide bonds. The zero-order valence-electron chi connectivity index (χ0n) is 13.9. The van der Waals surface area contributed by atoms with Crippen molar-refractivity contribution in [2.45, 2.75) is 5.54 Å². The monoisotopic (exact) mass is 383 g/mol. The van der Waals surface area contributed by atoms with E-state index in [2.05, 4.69) is 5.32 Å². The number of benzene rings is 2. The largest absolute Gasteiger partial charge is 0.328 e. The number of hydrogen-bond acceptors (Lipinski definition) is 4. The molecule has 0 bridgehead atoms. The Morgan fingerprint density at radius 1 is 0.926 bits per heavy atom. The minimum absolute atomic E-state index is 0.223. The van der Waals surface area contributed by atoms with E-state index in [1.165, 1.54) is 24.3 Å². The first-order valence-corrected chi connectivity index (χ1v) is 8.28. The van der Waals surface area contributed by atoms with Crippen LogP contribution in [0.4, 0.5) is 4.79 Å². The van der Waals surface area contributed by atoms with Gasteiger partial charge in [0.05, 0.1) is 0 Å². The molecular weight excluding hydrogens is 370 g/mol. The van der Waals surface area contributed by atoms with Crippen LogP contribution in [0.3, 0.4) is 0 Å². The van der Waals surface area contributed by atoms with Crippen LogP contribution in [0.5, 0.6) is 0 Å². The van der Waals surface area contributed by atoms with Crippen molar-refractivity contribution in [1.29, 1.82) is 0 Å². The molecular formula is C19H14ClN3O4. The fourth-order valence-corrected chi connectivity index (χ4v) is 2.76. The number of hydrogen-bond donors (Lipinski definition) is 3. The quantitative estimate of drug-likeness (QED) is 0.552. The van der Waals surface area contributed by atoms with E-state index in [1.54, 1.807) is 42.5 Å². The Labute approximate surface area is 159 Å². The van der Waals surface area contributed by atoms with E-state index in [9.17, 15) is 19.2 Å². The lowest BCUT2D eigenvalue weighted by Crippen LogP contribution is -2.71. The number of carbonyl (C=O) groups excluding carboxylic acids is 4. The van der Waals surface area contributed by atoms with Crippen LogP contribution in [-0.4, -0.2) is 23.8 Å². The van der Waals surface area contributed by atoms with Gasteiger partial charge in [0.1, 0.15) is 0 Å². The van der Waals surface area contributed by atoms with Crippen molar-refractivity contribution in [2.75, 3.05) is 0 Å². The molecule has 27 heavy (non-hydrogen) atoms. The highest BCUT2D eigenvalue weighted by atomic mass is 35.5. The first kappa shape index (κ1) is 18.3. The summed E-state index contributed by atoms with van der Waals surface area (Å²) in [6.45, 7) is 0. The number of amides is 5. The standard InChI is InChI=1S/C19H14ClN3O4/c20-14-9-6-12(7-10-14)8-11-15(24)23-19(13-4-2-1-3-5-13)16(25)21-18(27)22-17(19)26/h1-11H,(H,23,24)(H2,21,22,25,26,27). The predicted molar refractivity (Wildman–Crippen MR) is 98.4 cm³/mol. The second kappa shape index (κ2) is 7.43. The highest BCUT2D eigenvalue weighted by Gasteiger charge is 2.52. The number of carbonyl (C=O) groups is 4. The third kappa shape index (κ3) is 3.73. The molecule has 136 valence electrons. The molecule has 8 heteroatoms. The number of halogens is 1. The Hall–Kier alpha value is -3.45. The van der Waals surface area contributed by atoms with Gasteiger partial charge >= 0.3 is 6.03 Å². The van der Waals surface area contributed by atoms with E-state index < -0.39 is 29.3 Å². The van der Waals surface area contributed by atoms with Crippen LogP contribution in [-0.2, 0) is 19.9 Å². The highest BCUT2D eigenvalue weighted by molar-refractivity contribution is 6.30. The summed E-state index contributed by atoms with van der Waals surface area (Å²) in [4.78, 5) is 48.9. The lowest BCUT2D eigenvalue weighted by molar-refractivity contribution is -0.143. The van der Waals surface area contributed by atoms with Crippen LogP contribution in [0.1, 0.15) is 11.1 Å². The molecule has 7 nitrogen and oxygen atoms in total. The maximum absolute atomic E-state index is 12.5. The lowest BCUT2D eigenvalue weighted by atomic mass is 9.86. The first-order valence-electron chi connectivity index (χ1n) is 7.90. The molecule has 0 unspecified atom stereocenters. The van der Waals surface area contributed by atoms with Gasteiger partial charge in [-0.2, -0.15) is 0 Å². The zero-order chi connectivity index (χ0) is 19.4. The Morgan fingerprint density at radius 3 is 2.11 bits per heavy atom. The van der Waals surface area contributed by atoms with E-state index in [4.69, 9.17) is 11.6 Å². The molecule has 1 heterocycles. The fourth-order valence-electron chi connectivity index (χ4n) is 2.64. The predicted octanol–water partition coefficient (Wildman–Crippen LogP) is 1.73. The first-order chi connectivity index (χ1) is 12.9. The second-order valence-corrected chi connectivity index (χ2v) is 6.16. The zero-order valence-corrected chi connectivity index (χ0v) is 14.6. The van der Waals surface area contributed by atoms with E-state index in [0.717, 1.165) is 0 Å².